The largest absolute Gasteiger partial charge is 0.242 e. The van der Waals surface area contributed by atoms with Crippen LogP contribution in [-0.2, 0) is 10.0 Å². The minimum atomic E-state index is -3.65. The summed E-state index contributed by atoms with van der Waals surface area (Å²) >= 11 is 0. The molecule has 0 amide bonds. The van der Waals surface area contributed by atoms with Crippen LogP contribution in [0.1, 0.15) is 12.5 Å². The van der Waals surface area contributed by atoms with Gasteiger partial charge in [0, 0.05) is 0 Å². The Morgan fingerprint density at radius 2 is 2.06 bits per heavy atom. The predicted molar refractivity (Wildman–Crippen MR) is 59.8 cm³/mol. The van der Waals surface area contributed by atoms with E-state index in [4.69, 9.17) is 5.26 Å². The Bertz CT molecular complexity index is 574. The maximum atomic E-state index is 11.8. The fourth-order valence-electron chi connectivity index (χ4n) is 1.09. The summed E-state index contributed by atoms with van der Waals surface area (Å²) in [5.74, 6) is 5.17. The number of hydrogen-bond acceptors (Lipinski definition) is 3. The van der Waals surface area contributed by atoms with Gasteiger partial charge < -0.3 is 0 Å². The molecule has 0 aliphatic carbocycles. The smallest absolute Gasteiger partial charge is 0.207 e. The first-order valence-corrected chi connectivity index (χ1v) is 5.98. The summed E-state index contributed by atoms with van der Waals surface area (Å²) in [6.45, 7) is 1.66. The summed E-state index contributed by atoms with van der Waals surface area (Å²) in [5, 5.41) is 8.78. The Hall–Kier alpha value is -1.82. The topological polar surface area (TPSA) is 70.0 Å². The van der Waals surface area contributed by atoms with Gasteiger partial charge in [0.15, 0.2) is 0 Å². The third-order valence-corrected chi connectivity index (χ3v) is 3.28. The normalized spacial score (nSPS) is 10.0. The predicted octanol–water partition coefficient (Wildman–Crippen LogP) is 0.860. The highest BCUT2D eigenvalue weighted by molar-refractivity contribution is 7.89. The summed E-state index contributed by atoms with van der Waals surface area (Å²) in [6, 6.07) is 7.87. The summed E-state index contributed by atoms with van der Waals surface area (Å²) in [7, 11) is -3.65. The molecule has 0 saturated heterocycles. The molecule has 4 nitrogen and oxygen atoms in total. The summed E-state index contributed by atoms with van der Waals surface area (Å²) in [6.07, 6.45) is 0. The van der Waals surface area contributed by atoms with E-state index in [0.29, 0.717) is 0 Å². The first kappa shape index (κ1) is 12.3. The van der Waals surface area contributed by atoms with Crippen LogP contribution in [0.15, 0.2) is 29.2 Å². The molecule has 0 aliphatic heterocycles. The van der Waals surface area contributed by atoms with Crippen LogP contribution in [0.2, 0.25) is 0 Å². The molecule has 0 aromatic heterocycles. The average Bonchev–Trinajstić information content (AvgIpc) is 2.29. The Kier molecular flexibility index (Phi) is 4.07. The van der Waals surface area contributed by atoms with Crippen LogP contribution in [0.5, 0.6) is 0 Å². The second-order valence-corrected chi connectivity index (χ2v) is 4.59. The zero-order chi connectivity index (χ0) is 12.0. The molecule has 0 unspecified atom stereocenters. The van der Waals surface area contributed by atoms with Crippen molar-refractivity contribution in [1.29, 1.82) is 5.26 Å². The molecule has 0 bridgehead atoms. The lowest BCUT2D eigenvalue weighted by Crippen LogP contribution is -2.24. The van der Waals surface area contributed by atoms with E-state index in [1.54, 1.807) is 19.1 Å². The van der Waals surface area contributed by atoms with E-state index in [1.807, 2.05) is 6.07 Å². The maximum Gasteiger partial charge on any atom is 0.242 e. The Morgan fingerprint density at radius 3 is 2.69 bits per heavy atom. The SMILES string of the molecule is CC#CCNS(=O)(=O)c1ccccc1C#N. The van der Waals surface area contributed by atoms with Crippen molar-refractivity contribution in [1.82, 2.24) is 4.72 Å². The number of nitriles is 1. The van der Waals surface area contributed by atoms with Gasteiger partial charge in [0.25, 0.3) is 0 Å². The Morgan fingerprint density at radius 1 is 1.38 bits per heavy atom. The van der Waals surface area contributed by atoms with Gasteiger partial charge in [-0.05, 0) is 19.1 Å². The van der Waals surface area contributed by atoms with E-state index in [9.17, 15) is 8.42 Å². The molecule has 1 aromatic carbocycles. The molecule has 1 rings (SSSR count). The number of benzene rings is 1. The van der Waals surface area contributed by atoms with Gasteiger partial charge in [0.2, 0.25) is 10.0 Å². The molecule has 5 heteroatoms. The monoisotopic (exact) mass is 234 g/mol. The summed E-state index contributed by atoms with van der Waals surface area (Å²) < 4.78 is 25.8. The van der Waals surface area contributed by atoms with E-state index in [1.165, 1.54) is 12.1 Å². The fourth-order valence-corrected chi connectivity index (χ4v) is 2.17. The lowest BCUT2D eigenvalue weighted by molar-refractivity contribution is 0.586. The fraction of sp³-hybridized carbons (Fsp3) is 0.182. The van der Waals surface area contributed by atoms with Crippen molar-refractivity contribution in [3.05, 3.63) is 29.8 Å². The highest BCUT2D eigenvalue weighted by atomic mass is 32.2. The van der Waals surface area contributed by atoms with Gasteiger partial charge in [-0.15, -0.1) is 5.92 Å². The van der Waals surface area contributed by atoms with Crippen LogP contribution in [0.3, 0.4) is 0 Å². The van der Waals surface area contributed by atoms with Crippen molar-refractivity contribution in [3.8, 4) is 17.9 Å². The van der Waals surface area contributed by atoms with Crippen LogP contribution in [0, 0.1) is 23.2 Å². The summed E-state index contributed by atoms with van der Waals surface area (Å²) in [5.41, 5.74) is 0.124. The quantitative estimate of drug-likeness (QED) is 0.788. The van der Waals surface area contributed by atoms with Crippen LogP contribution >= 0.6 is 0 Å². The van der Waals surface area contributed by atoms with Crippen molar-refractivity contribution in [3.63, 3.8) is 0 Å². The summed E-state index contributed by atoms with van der Waals surface area (Å²) in [4.78, 5) is -0.0181. The standard InChI is InChI=1S/C11H10N2O2S/c1-2-3-8-13-16(14,15)11-7-5-4-6-10(11)9-12/h4-7,13H,8H2,1H3. The molecule has 1 aromatic rings. The lowest BCUT2D eigenvalue weighted by Gasteiger charge is -2.04. The highest BCUT2D eigenvalue weighted by Gasteiger charge is 2.16. The van der Waals surface area contributed by atoms with Crippen molar-refractivity contribution >= 4 is 10.0 Å². The number of rotatable bonds is 3. The molecule has 0 fully saturated rings. The molecule has 0 heterocycles. The number of hydrogen-bond donors (Lipinski definition) is 1. The van der Waals surface area contributed by atoms with E-state index in [2.05, 4.69) is 16.6 Å². The molecule has 0 radical (unpaired) electrons. The van der Waals surface area contributed by atoms with Crippen LogP contribution in [0.4, 0.5) is 0 Å². The van der Waals surface area contributed by atoms with Crippen LogP contribution in [0.25, 0.3) is 0 Å². The molecule has 0 atom stereocenters. The Balaban J connectivity index is 3.07. The van der Waals surface area contributed by atoms with Crippen molar-refractivity contribution in [2.75, 3.05) is 6.54 Å². The van der Waals surface area contributed by atoms with Crippen LogP contribution in [-0.4, -0.2) is 15.0 Å². The third-order valence-electron chi connectivity index (χ3n) is 1.82. The van der Waals surface area contributed by atoms with E-state index in [0.717, 1.165) is 0 Å². The second kappa shape index (κ2) is 5.32. The van der Waals surface area contributed by atoms with Gasteiger partial charge in [-0.2, -0.15) is 9.98 Å². The number of nitrogens with one attached hydrogen (secondary N) is 1. The molecule has 0 saturated carbocycles. The maximum absolute atomic E-state index is 11.8. The lowest BCUT2D eigenvalue weighted by atomic mass is 10.2. The van der Waals surface area contributed by atoms with Crippen molar-refractivity contribution in [2.24, 2.45) is 0 Å². The first-order valence-electron chi connectivity index (χ1n) is 4.50. The first-order chi connectivity index (χ1) is 7.61. The zero-order valence-corrected chi connectivity index (χ0v) is 9.50. The van der Waals surface area contributed by atoms with E-state index >= 15 is 0 Å². The molecule has 16 heavy (non-hydrogen) atoms. The molecular formula is C11H10N2O2S. The van der Waals surface area contributed by atoms with Crippen molar-refractivity contribution in [2.45, 2.75) is 11.8 Å². The van der Waals surface area contributed by atoms with Gasteiger partial charge >= 0.3 is 0 Å². The van der Waals surface area contributed by atoms with Gasteiger partial charge in [-0.3, -0.25) is 0 Å². The zero-order valence-electron chi connectivity index (χ0n) is 8.69. The number of sulfonamides is 1. The van der Waals surface area contributed by atoms with E-state index < -0.39 is 10.0 Å². The highest BCUT2D eigenvalue weighted by Crippen LogP contribution is 2.13. The molecular weight excluding hydrogens is 224 g/mol. The molecule has 0 aliphatic rings. The van der Waals surface area contributed by atoms with Gasteiger partial charge in [-0.25, -0.2) is 8.42 Å². The third kappa shape index (κ3) is 2.83. The van der Waals surface area contributed by atoms with Gasteiger partial charge in [-0.1, -0.05) is 18.1 Å². The molecule has 82 valence electrons. The Labute approximate surface area is 95.0 Å². The minimum Gasteiger partial charge on any atom is -0.207 e. The minimum absolute atomic E-state index is 0.0181. The molecule has 0 spiro atoms. The van der Waals surface area contributed by atoms with Crippen molar-refractivity contribution < 1.29 is 8.42 Å². The van der Waals surface area contributed by atoms with E-state index in [-0.39, 0.29) is 17.0 Å². The van der Waals surface area contributed by atoms with Crippen LogP contribution < -0.4 is 4.72 Å². The molecule has 1 N–H and O–H groups in total. The second-order valence-electron chi connectivity index (χ2n) is 2.86. The number of nitrogens with zero attached hydrogens (tertiary/aromatic N) is 1. The average molecular weight is 234 g/mol. The van der Waals surface area contributed by atoms with Gasteiger partial charge in [0.05, 0.1) is 17.0 Å². The van der Waals surface area contributed by atoms with Gasteiger partial charge in [0.1, 0.15) is 6.07 Å².